The van der Waals surface area contributed by atoms with Gasteiger partial charge in [0.2, 0.25) is 11.8 Å². The third kappa shape index (κ3) is 6.89. The highest BCUT2D eigenvalue weighted by atomic mass is 32.1. The Hall–Kier alpha value is -5.44. The Labute approximate surface area is 335 Å². The van der Waals surface area contributed by atoms with Crippen LogP contribution in [0.5, 0.6) is 0 Å². The van der Waals surface area contributed by atoms with Crippen LogP contribution in [0.1, 0.15) is 83.5 Å². The van der Waals surface area contributed by atoms with Crippen LogP contribution in [0.2, 0.25) is 0 Å². The van der Waals surface area contributed by atoms with Crippen LogP contribution in [0.15, 0.2) is 48.8 Å². The van der Waals surface area contributed by atoms with Gasteiger partial charge in [-0.2, -0.15) is 0 Å². The fraction of sp³-hybridized carbons (Fsp3) is 0.476. The van der Waals surface area contributed by atoms with Gasteiger partial charge in [0.25, 0.3) is 0 Å². The molecule has 3 fully saturated rings. The van der Waals surface area contributed by atoms with Crippen LogP contribution in [-0.4, -0.2) is 103 Å². The van der Waals surface area contributed by atoms with Crippen molar-refractivity contribution in [1.82, 2.24) is 40.0 Å². The number of likely N-dealkylation sites (tertiary alicyclic amines) is 2. The molecule has 5 aromatic rings. The van der Waals surface area contributed by atoms with Crippen molar-refractivity contribution in [3.05, 3.63) is 60.4 Å². The SMILES string of the molecule is COC(=O)N[C@H](C(=O)N1[C@@H]2CC[C@@H](C2)[C@H]1c1ncc(-c2cc3ccc4cc(-c5cnc([C@@H]6CCCN6C(=O)[C@H](C(C)C)N(C)C(=O)O)[nH]5)ccc4c3s2)[nH]1)C(C)C. The molecule has 1 saturated carbocycles. The molecule has 2 aliphatic heterocycles. The highest BCUT2D eigenvalue weighted by Crippen LogP contribution is 2.50. The van der Waals surface area contributed by atoms with E-state index in [-0.39, 0.29) is 41.8 Å². The second-order valence-electron chi connectivity index (χ2n) is 16.4. The van der Waals surface area contributed by atoms with Gasteiger partial charge in [-0.3, -0.25) is 14.5 Å². The number of aromatic nitrogens is 4. The Balaban J connectivity index is 1.03. The Bertz CT molecular complexity index is 2350. The number of benzene rings is 2. The summed E-state index contributed by atoms with van der Waals surface area (Å²) in [6.45, 7) is 8.14. The van der Waals surface area contributed by atoms with Gasteiger partial charge < -0.3 is 34.9 Å². The molecule has 1 aliphatic carbocycles. The summed E-state index contributed by atoms with van der Waals surface area (Å²) in [6.07, 6.45) is 6.41. The Kier molecular flexibility index (Phi) is 10.2. The number of alkyl carbamates (subject to hydrolysis) is 1. The number of imidazole rings is 2. The lowest BCUT2D eigenvalue weighted by Gasteiger charge is -2.37. The summed E-state index contributed by atoms with van der Waals surface area (Å²) in [7, 11) is 2.76. The first-order valence-electron chi connectivity index (χ1n) is 19.8. The number of H-pyrrole nitrogens is 2. The molecular formula is C42H50N8O6S. The molecular weight excluding hydrogens is 745 g/mol. The van der Waals surface area contributed by atoms with Gasteiger partial charge in [0.1, 0.15) is 23.7 Å². The standard InChI is InChI=1S/C42H50N8O6S/c1-21(2)33(47-41(53)56-6)39(51)50-27-13-11-25(17-27)35(50)38-44-20-30(46-38)32-18-26-10-9-23-16-24(12-14-28(23)36(26)57-32)29-19-43-37(45-29)31-8-7-15-49(31)40(52)34(22(3)4)48(5)42(54)55/h9-10,12,14,16,18-22,25,27,31,33-35H,7-8,11,13,15,17H2,1-6H3,(H,43,45)(H,44,46)(H,47,53)(H,54,55)/t25-,27+,31-,33-,34-,35-/m0/s1. The number of fused-ring (bicyclic) bond motifs is 5. The van der Waals surface area contributed by atoms with Crippen LogP contribution < -0.4 is 5.32 Å². The second kappa shape index (κ2) is 15.1. The number of carbonyl (C=O) groups is 4. The highest BCUT2D eigenvalue weighted by Gasteiger charge is 2.51. The topological polar surface area (TPSA) is 177 Å². The summed E-state index contributed by atoms with van der Waals surface area (Å²) in [4.78, 5) is 74.2. The summed E-state index contributed by atoms with van der Waals surface area (Å²) in [5.74, 6) is 1.20. The number of likely N-dealkylation sites (N-methyl/N-ethyl adjacent to an activating group) is 1. The summed E-state index contributed by atoms with van der Waals surface area (Å²) in [6, 6.07) is 11.0. The number of methoxy groups -OCH3 is 1. The summed E-state index contributed by atoms with van der Waals surface area (Å²) >= 11 is 1.70. The van der Waals surface area contributed by atoms with Crippen molar-refractivity contribution in [3.8, 4) is 21.8 Å². The van der Waals surface area contributed by atoms with Crippen molar-refractivity contribution in [2.75, 3.05) is 20.7 Å². The monoisotopic (exact) mass is 794 g/mol. The molecule has 300 valence electrons. The van der Waals surface area contributed by atoms with Crippen LogP contribution in [0.3, 0.4) is 0 Å². The van der Waals surface area contributed by atoms with Crippen LogP contribution in [0.25, 0.3) is 42.7 Å². The smallest absolute Gasteiger partial charge is 0.407 e. The Morgan fingerprint density at radius 3 is 2.40 bits per heavy atom. The van der Waals surface area contributed by atoms with E-state index in [0.717, 1.165) is 85.5 Å². The number of rotatable bonds is 10. The average molecular weight is 795 g/mol. The van der Waals surface area contributed by atoms with Gasteiger partial charge in [0, 0.05) is 29.9 Å². The van der Waals surface area contributed by atoms with Gasteiger partial charge in [-0.1, -0.05) is 52.0 Å². The first-order valence-corrected chi connectivity index (χ1v) is 20.7. The van der Waals surface area contributed by atoms with E-state index < -0.39 is 24.3 Å². The minimum absolute atomic E-state index is 0.0963. The van der Waals surface area contributed by atoms with Gasteiger partial charge >= 0.3 is 12.2 Å². The van der Waals surface area contributed by atoms with Crippen molar-refractivity contribution in [2.24, 2.45) is 17.8 Å². The van der Waals surface area contributed by atoms with Gasteiger partial charge in [0.15, 0.2) is 0 Å². The number of amides is 4. The van der Waals surface area contributed by atoms with Crippen LogP contribution >= 0.6 is 11.3 Å². The van der Waals surface area contributed by atoms with E-state index >= 15 is 0 Å². The van der Waals surface area contributed by atoms with Gasteiger partial charge in [-0.15, -0.1) is 11.3 Å². The number of hydrogen-bond acceptors (Lipinski definition) is 8. The van der Waals surface area contributed by atoms with E-state index in [1.165, 1.54) is 14.2 Å². The normalized spacial score (nSPS) is 21.5. The molecule has 0 spiro atoms. The molecule has 2 saturated heterocycles. The van der Waals surface area contributed by atoms with Crippen molar-refractivity contribution in [2.45, 2.75) is 90.0 Å². The summed E-state index contributed by atoms with van der Waals surface area (Å²) in [5, 5.41) is 15.7. The largest absolute Gasteiger partial charge is 0.465 e. The van der Waals surface area contributed by atoms with Crippen LogP contribution in [-0.2, 0) is 14.3 Å². The molecule has 6 atom stereocenters. The Morgan fingerprint density at radius 1 is 0.930 bits per heavy atom. The number of hydrogen-bond donors (Lipinski definition) is 4. The molecule has 2 bridgehead atoms. The van der Waals surface area contributed by atoms with E-state index in [1.54, 1.807) is 16.2 Å². The lowest BCUT2D eigenvalue weighted by Crippen LogP contribution is -2.54. The number of ether oxygens (including phenoxy) is 1. The average Bonchev–Trinajstić information content (AvgIpc) is 4.04. The van der Waals surface area contributed by atoms with Crippen molar-refractivity contribution < 1.29 is 29.0 Å². The molecule has 14 nitrogen and oxygen atoms in total. The zero-order valence-electron chi connectivity index (χ0n) is 33.1. The number of carbonyl (C=O) groups excluding carboxylic acids is 3. The molecule has 57 heavy (non-hydrogen) atoms. The zero-order chi connectivity index (χ0) is 40.3. The molecule has 0 unspecified atom stereocenters. The first kappa shape index (κ1) is 38.4. The van der Waals surface area contributed by atoms with Gasteiger partial charge in [-0.05, 0) is 78.1 Å². The molecule has 4 amide bonds. The molecule has 15 heteroatoms. The minimum Gasteiger partial charge on any atom is -0.465 e. The molecule has 5 heterocycles. The fourth-order valence-corrected chi connectivity index (χ4v) is 10.6. The summed E-state index contributed by atoms with van der Waals surface area (Å²) < 4.78 is 5.99. The van der Waals surface area contributed by atoms with Gasteiger partial charge in [-0.25, -0.2) is 19.6 Å². The molecule has 2 aromatic carbocycles. The minimum atomic E-state index is -1.12. The maximum absolute atomic E-state index is 14.0. The van der Waals surface area contributed by atoms with E-state index in [0.29, 0.717) is 18.3 Å². The first-order chi connectivity index (χ1) is 27.3. The second-order valence-corrected chi connectivity index (χ2v) is 17.5. The maximum atomic E-state index is 14.0. The molecule has 8 rings (SSSR count). The lowest BCUT2D eigenvalue weighted by molar-refractivity contribution is -0.139. The molecule has 3 aromatic heterocycles. The van der Waals surface area contributed by atoms with Crippen LogP contribution in [0, 0.1) is 17.8 Å². The third-order valence-corrected chi connectivity index (χ3v) is 13.5. The van der Waals surface area contributed by atoms with E-state index in [1.807, 2.05) is 45.0 Å². The Morgan fingerprint density at radius 2 is 1.67 bits per heavy atom. The number of nitrogens with one attached hydrogen (secondary N) is 3. The van der Waals surface area contributed by atoms with Crippen LogP contribution in [0.4, 0.5) is 9.59 Å². The molecule has 3 aliphatic rings. The van der Waals surface area contributed by atoms with Crippen molar-refractivity contribution >= 4 is 56.2 Å². The molecule has 0 radical (unpaired) electrons. The zero-order valence-corrected chi connectivity index (χ0v) is 33.9. The van der Waals surface area contributed by atoms with E-state index in [4.69, 9.17) is 14.7 Å². The highest BCUT2D eigenvalue weighted by molar-refractivity contribution is 7.23. The maximum Gasteiger partial charge on any atom is 0.407 e. The van der Waals surface area contributed by atoms with Gasteiger partial charge in [0.05, 0.1) is 47.9 Å². The number of carboxylic acid groups (broad SMARTS) is 1. The number of aromatic amines is 2. The van der Waals surface area contributed by atoms with E-state index in [9.17, 15) is 24.3 Å². The van der Waals surface area contributed by atoms with Crippen molar-refractivity contribution in [1.29, 1.82) is 0 Å². The predicted molar refractivity (Wildman–Crippen MR) is 217 cm³/mol. The quantitative estimate of drug-likeness (QED) is 0.112. The number of piperidine rings is 1. The van der Waals surface area contributed by atoms with Crippen molar-refractivity contribution in [3.63, 3.8) is 0 Å². The summed E-state index contributed by atoms with van der Waals surface area (Å²) in [5.41, 5.74) is 2.72. The number of nitrogens with zero attached hydrogens (tertiary/aromatic N) is 5. The number of thiophene rings is 1. The third-order valence-electron chi connectivity index (χ3n) is 12.2. The fourth-order valence-electron chi connectivity index (χ4n) is 9.41. The lowest BCUT2D eigenvalue weighted by atomic mass is 9.95. The predicted octanol–water partition coefficient (Wildman–Crippen LogP) is 7.57. The molecule has 4 N–H and O–H groups in total. The van der Waals surface area contributed by atoms with E-state index in [2.05, 4.69) is 51.7 Å².